The Hall–Kier alpha value is -3.90. The Kier molecular flexibility index (Phi) is 10.7. The summed E-state index contributed by atoms with van der Waals surface area (Å²) in [6.45, 7) is 0.00637. The summed E-state index contributed by atoms with van der Waals surface area (Å²) in [5.41, 5.74) is 0.794. The quantitative estimate of drug-likeness (QED) is 0.177. The lowest BCUT2D eigenvalue weighted by molar-refractivity contribution is -0.137. The molecule has 0 heterocycles. The van der Waals surface area contributed by atoms with E-state index in [1.54, 1.807) is 36.4 Å². The maximum Gasteiger partial charge on any atom is 0.416 e. The first kappa shape index (κ1) is 33.0. The van der Waals surface area contributed by atoms with Crippen LogP contribution >= 0.6 is 11.6 Å². The third kappa shape index (κ3) is 8.82. The maximum atomic E-state index is 13.7. The molecule has 0 fully saturated rings. The zero-order chi connectivity index (χ0) is 31.9. The van der Waals surface area contributed by atoms with E-state index in [-0.39, 0.29) is 36.4 Å². The van der Waals surface area contributed by atoms with Crippen molar-refractivity contribution in [1.29, 1.82) is 0 Å². The van der Waals surface area contributed by atoms with Gasteiger partial charge in [-0.3, -0.25) is 4.79 Å². The highest BCUT2D eigenvalue weighted by molar-refractivity contribution is 7.92. The normalized spacial score (nSPS) is 13.2. The second-order valence-electron chi connectivity index (χ2n) is 10.2. The van der Waals surface area contributed by atoms with E-state index in [1.807, 2.05) is 30.3 Å². The fourth-order valence-corrected chi connectivity index (χ4v) is 5.91. The molecule has 0 bridgehead atoms. The molecule has 0 aliphatic heterocycles. The second kappa shape index (κ2) is 14.3. The Bertz CT molecular complexity index is 1690. The smallest absolute Gasteiger partial charge is 0.390 e. The summed E-state index contributed by atoms with van der Waals surface area (Å²) in [7, 11) is -3.92. The highest BCUT2D eigenvalue weighted by Gasteiger charge is 2.31. The molecular weight excluding hydrogens is 615 g/mol. The van der Waals surface area contributed by atoms with Crippen molar-refractivity contribution >= 4 is 38.9 Å². The van der Waals surface area contributed by atoms with E-state index < -0.39 is 39.8 Å². The number of sulfonamides is 1. The predicted molar refractivity (Wildman–Crippen MR) is 165 cm³/mol. The molecule has 0 saturated heterocycles. The van der Waals surface area contributed by atoms with Crippen molar-refractivity contribution in [1.82, 2.24) is 10.6 Å². The molecule has 0 aliphatic carbocycles. The van der Waals surface area contributed by atoms with E-state index in [4.69, 9.17) is 11.6 Å². The number of rotatable bonds is 12. The van der Waals surface area contributed by atoms with Crippen LogP contribution in [0.25, 0.3) is 0 Å². The molecule has 4 rings (SSSR count). The predicted octanol–water partition coefficient (Wildman–Crippen LogP) is 5.95. The molecule has 4 aromatic rings. The highest BCUT2D eigenvalue weighted by atomic mass is 35.5. The van der Waals surface area contributed by atoms with Gasteiger partial charge in [0.15, 0.2) is 0 Å². The minimum atomic E-state index is -4.48. The SMILES string of the molecule is CS(=O)(=O)N(c1cccc(Cl)c1)c1ccccc1C(=O)N[C@@H](Cc1ccccc1)[C@H](O)CNCc1cccc(C(F)(F)F)c1. The van der Waals surface area contributed by atoms with Gasteiger partial charge in [-0.1, -0.05) is 78.3 Å². The molecule has 0 aliphatic rings. The second-order valence-corrected chi connectivity index (χ2v) is 12.5. The lowest BCUT2D eigenvalue weighted by atomic mass is 10.00. The van der Waals surface area contributed by atoms with E-state index in [2.05, 4.69) is 10.6 Å². The molecule has 232 valence electrons. The van der Waals surface area contributed by atoms with Crippen molar-refractivity contribution in [2.45, 2.75) is 31.3 Å². The number of carbonyl (C=O) groups excluding carboxylic acids is 1. The molecule has 12 heteroatoms. The molecule has 1 amide bonds. The number of carbonyl (C=O) groups is 1. The van der Waals surface area contributed by atoms with Gasteiger partial charge in [0, 0.05) is 18.1 Å². The lowest BCUT2D eigenvalue weighted by Crippen LogP contribution is -2.49. The van der Waals surface area contributed by atoms with Gasteiger partial charge < -0.3 is 15.7 Å². The van der Waals surface area contributed by atoms with Crippen molar-refractivity contribution in [2.75, 3.05) is 17.1 Å². The number of anilines is 2. The molecule has 0 radical (unpaired) electrons. The Morgan fingerprint density at radius 2 is 1.57 bits per heavy atom. The third-order valence-corrected chi connectivity index (χ3v) is 8.06. The number of halogens is 4. The number of hydrogen-bond acceptors (Lipinski definition) is 5. The van der Waals surface area contributed by atoms with Crippen molar-refractivity contribution < 1.29 is 31.5 Å². The lowest BCUT2D eigenvalue weighted by Gasteiger charge is -2.27. The molecule has 3 N–H and O–H groups in total. The molecule has 0 unspecified atom stereocenters. The fourth-order valence-electron chi connectivity index (χ4n) is 4.72. The molecule has 0 aromatic heterocycles. The number of alkyl halides is 3. The minimum Gasteiger partial charge on any atom is -0.390 e. The number of hydrogen-bond donors (Lipinski definition) is 3. The number of nitrogens with zero attached hydrogens (tertiary/aromatic N) is 1. The monoisotopic (exact) mass is 645 g/mol. The summed E-state index contributed by atoms with van der Waals surface area (Å²) in [5.74, 6) is -0.630. The number of aliphatic hydroxyl groups excluding tert-OH is 1. The summed E-state index contributed by atoms with van der Waals surface area (Å²) >= 11 is 6.13. The van der Waals surface area contributed by atoms with Gasteiger partial charge in [0.2, 0.25) is 10.0 Å². The van der Waals surface area contributed by atoms with Crippen LogP contribution in [0, 0.1) is 0 Å². The average molecular weight is 646 g/mol. The molecule has 0 saturated carbocycles. The van der Waals surface area contributed by atoms with Crippen LogP contribution in [0.4, 0.5) is 24.5 Å². The van der Waals surface area contributed by atoms with Crippen LogP contribution < -0.4 is 14.9 Å². The van der Waals surface area contributed by atoms with Crippen molar-refractivity contribution in [2.24, 2.45) is 0 Å². The summed E-state index contributed by atoms with van der Waals surface area (Å²) in [6, 6.07) is 25.5. The molecule has 7 nitrogen and oxygen atoms in total. The topological polar surface area (TPSA) is 98.7 Å². The third-order valence-electron chi connectivity index (χ3n) is 6.76. The first-order valence-electron chi connectivity index (χ1n) is 13.6. The molecular formula is C32H31ClF3N3O4S. The maximum absolute atomic E-state index is 13.7. The first-order valence-corrected chi connectivity index (χ1v) is 15.8. The van der Waals surface area contributed by atoms with Gasteiger partial charge >= 0.3 is 6.18 Å². The van der Waals surface area contributed by atoms with E-state index >= 15 is 0 Å². The molecule has 0 spiro atoms. The number of para-hydroxylation sites is 1. The van der Waals surface area contributed by atoms with Crippen LogP contribution in [0.1, 0.15) is 27.0 Å². The van der Waals surface area contributed by atoms with Gasteiger partial charge in [0.1, 0.15) is 0 Å². The van der Waals surface area contributed by atoms with Gasteiger partial charge in [0.25, 0.3) is 5.91 Å². The highest BCUT2D eigenvalue weighted by Crippen LogP contribution is 2.33. The summed E-state index contributed by atoms with van der Waals surface area (Å²) in [6.07, 6.45) is -4.39. The standard InChI is InChI=1S/C32H31ClF3N3O4S/c1-44(42,43)39(26-14-8-13-25(33)19-26)29-16-6-5-15-27(29)31(41)38-28(18-22-9-3-2-4-10-22)30(40)21-37-20-23-11-7-12-24(17-23)32(34,35)36/h2-17,19,28,30,37,40H,18,20-21H2,1H3,(H,38,41)/t28-,30+/m0/s1. The number of nitrogens with one attached hydrogen (secondary N) is 2. The summed E-state index contributed by atoms with van der Waals surface area (Å²) in [4.78, 5) is 13.7. The molecule has 4 aromatic carbocycles. The number of aliphatic hydroxyl groups is 1. The van der Waals surface area contributed by atoms with Gasteiger partial charge in [-0.15, -0.1) is 0 Å². The Balaban J connectivity index is 1.57. The zero-order valence-electron chi connectivity index (χ0n) is 23.6. The molecule has 44 heavy (non-hydrogen) atoms. The van der Waals surface area contributed by atoms with Crippen LogP contribution in [0.3, 0.4) is 0 Å². The number of amides is 1. The Labute approximate surface area is 259 Å². The van der Waals surface area contributed by atoms with E-state index in [9.17, 15) is 31.5 Å². The fraction of sp³-hybridized carbons (Fsp3) is 0.219. The van der Waals surface area contributed by atoms with E-state index in [0.717, 1.165) is 28.3 Å². The van der Waals surface area contributed by atoms with Crippen LogP contribution in [0.2, 0.25) is 5.02 Å². The van der Waals surface area contributed by atoms with Crippen LogP contribution in [-0.4, -0.2) is 44.4 Å². The van der Waals surface area contributed by atoms with Gasteiger partial charge in [-0.2, -0.15) is 13.2 Å². The minimum absolute atomic E-state index is 0.0417. The van der Waals surface area contributed by atoms with Crippen molar-refractivity contribution in [3.8, 4) is 0 Å². The largest absolute Gasteiger partial charge is 0.416 e. The van der Waals surface area contributed by atoms with Gasteiger partial charge in [-0.25, -0.2) is 12.7 Å². The van der Waals surface area contributed by atoms with Crippen LogP contribution in [0.15, 0.2) is 103 Å². The average Bonchev–Trinajstić information content (AvgIpc) is 2.97. The summed E-state index contributed by atoms with van der Waals surface area (Å²) in [5, 5.41) is 17.3. The van der Waals surface area contributed by atoms with Crippen LogP contribution in [-0.2, 0) is 29.2 Å². The van der Waals surface area contributed by atoms with E-state index in [0.29, 0.717) is 10.6 Å². The van der Waals surface area contributed by atoms with E-state index in [1.165, 1.54) is 24.3 Å². The summed E-state index contributed by atoms with van der Waals surface area (Å²) < 4.78 is 66.2. The van der Waals surface area contributed by atoms with Gasteiger partial charge in [-0.05, 0) is 53.9 Å². The van der Waals surface area contributed by atoms with Crippen molar-refractivity contribution in [3.63, 3.8) is 0 Å². The molecule has 2 atom stereocenters. The number of benzene rings is 4. The van der Waals surface area contributed by atoms with Crippen LogP contribution in [0.5, 0.6) is 0 Å². The Morgan fingerprint density at radius 1 is 0.909 bits per heavy atom. The first-order chi connectivity index (χ1) is 20.8. The Morgan fingerprint density at radius 3 is 2.25 bits per heavy atom. The van der Waals surface area contributed by atoms with Crippen molar-refractivity contribution in [3.05, 3.63) is 130 Å². The van der Waals surface area contributed by atoms with Gasteiger partial charge in [0.05, 0.1) is 40.9 Å². The zero-order valence-corrected chi connectivity index (χ0v) is 25.2.